The molecule has 0 amide bonds. The fourth-order valence-corrected chi connectivity index (χ4v) is 5.08. The molecule has 0 aliphatic rings. The van der Waals surface area contributed by atoms with Gasteiger partial charge in [-0.25, -0.2) is 15.0 Å². The van der Waals surface area contributed by atoms with E-state index in [0.29, 0.717) is 23.0 Å². The average Bonchev–Trinajstić information content (AvgIpc) is 3.05. The number of fused-ring (bicyclic) bond motifs is 1. The van der Waals surface area contributed by atoms with E-state index in [-0.39, 0.29) is 0 Å². The van der Waals surface area contributed by atoms with Crippen LogP contribution in [0.25, 0.3) is 55.8 Å². The van der Waals surface area contributed by atoms with E-state index in [9.17, 15) is 0 Å². The van der Waals surface area contributed by atoms with Crippen molar-refractivity contribution < 1.29 is 0 Å². The van der Waals surface area contributed by atoms with Crippen molar-refractivity contribution >= 4 is 21.9 Å². The Morgan fingerprint density at radius 3 is 2.05 bits per heavy atom. The Labute approximate surface area is 247 Å². The predicted octanol–water partition coefficient (Wildman–Crippen LogP) is 9.45. The highest BCUT2D eigenvalue weighted by Crippen LogP contribution is 2.33. The monoisotopic (exact) mass is 539 g/mol. The molecule has 0 radical (unpaired) electrons. The number of aryl methyl sites for hydroxylation is 1. The zero-order valence-electron chi connectivity index (χ0n) is 23.6. The number of hydrogen-bond donors (Lipinski definition) is 0. The number of aromatic nitrogens is 3. The van der Waals surface area contributed by atoms with Crippen LogP contribution in [0.1, 0.15) is 23.9 Å². The maximum atomic E-state index is 6.04. The molecule has 0 atom stereocenters. The van der Waals surface area contributed by atoms with Crippen molar-refractivity contribution in [3.05, 3.63) is 150 Å². The van der Waals surface area contributed by atoms with Gasteiger partial charge in [0, 0.05) is 11.1 Å². The van der Waals surface area contributed by atoms with E-state index < -0.39 is 0 Å². The van der Waals surface area contributed by atoms with Gasteiger partial charge in [-0.05, 0) is 70.7 Å². The van der Waals surface area contributed by atoms with Crippen molar-refractivity contribution in [3.63, 3.8) is 0 Å². The molecule has 42 heavy (non-hydrogen) atoms. The first-order chi connectivity index (χ1) is 20.6. The smallest absolute Gasteiger partial charge is 0.172 e. The number of hydrogen-bond acceptors (Lipinski definition) is 3. The van der Waals surface area contributed by atoms with E-state index >= 15 is 0 Å². The summed E-state index contributed by atoms with van der Waals surface area (Å²) in [5.41, 5.74) is 8.02. The molecule has 0 N–H and O–H groups in total. The molecule has 6 aromatic rings. The lowest BCUT2D eigenvalue weighted by atomic mass is 9.95. The minimum absolute atomic E-state index is 0.465. The van der Waals surface area contributed by atoms with Gasteiger partial charge in [-0.3, -0.25) is 0 Å². The van der Waals surface area contributed by atoms with Gasteiger partial charge in [0.2, 0.25) is 0 Å². The highest BCUT2D eigenvalue weighted by Gasteiger charge is 2.15. The first kappa shape index (κ1) is 26.6. The van der Waals surface area contributed by atoms with Gasteiger partial charge in [-0.2, -0.15) is 0 Å². The average molecular weight is 540 g/mol. The second kappa shape index (κ2) is 11.9. The standard InChI is InChI=1S/C39H29N3/c1-4-29(23-22-28(3)30-14-7-5-8-15-30)37-40-38(32-17-9-6-10-18-32)42-39(41-37)34-25-27(2)24-33(26-34)36-21-13-19-31-16-11-12-20-35(31)36/h1,5-26H,2-3H3/b28-22+,29-23+. The van der Waals surface area contributed by atoms with Crippen molar-refractivity contribution in [1.29, 1.82) is 0 Å². The lowest BCUT2D eigenvalue weighted by molar-refractivity contribution is 1.04. The third-order valence-electron chi connectivity index (χ3n) is 7.23. The van der Waals surface area contributed by atoms with E-state index in [1.54, 1.807) is 0 Å². The molecule has 3 heteroatoms. The van der Waals surface area contributed by atoms with Crippen LogP contribution >= 0.6 is 0 Å². The van der Waals surface area contributed by atoms with Gasteiger partial charge in [-0.1, -0.05) is 121 Å². The molecule has 0 aliphatic carbocycles. The molecule has 3 nitrogen and oxygen atoms in total. The van der Waals surface area contributed by atoms with Gasteiger partial charge < -0.3 is 0 Å². The molecule has 0 bridgehead atoms. The van der Waals surface area contributed by atoms with Crippen LogP contribution < -0.4 is 0 Å². The van der Waals surface area contributed by atoms with Gasteiger partial charge in [0.1, 0.15) is 0 Å². The molecule has 0 saturated heterocycles. The van der Waals surface area contributed by atoms with E-state index in [1.807, 2.05) is 60.7 Å². The Hall–Kier alpha value is -5.59. The summed E-state index contributed by atoms with van der Waals surface area (Å²) in [6, 6.07) is 41.5. The van der Waals surface area contributed by atoms with Crippen molar-refractivity contribution in [3.8, 4) is 46.2 Å². The summed E-state index contributed by atoms with van der Waals surface area (Å²) in [7, 11) is 0. The zero-order valence-corrected chi connectivity index (χ0v) is 23.6. The maximum Gasteiger partial charge on any atom is 0.172 e. The summed E-state index contributed by atoms with van der Waals surface area (Å²) in [4.78, 5) is 14.7. The summed E-state index contributed by atoms with van der Waals surface area (Å²) in [5.74, 6) is 4.43. The van der Waals surface area contributed by atoms with Crippen molar-refractivity contribution in [1.82, 2.24) is 15.0 Å². The molecule has 200 valence electrons. The van der Waals surface area contributed by atoms with Crippen molar-refractivity contribution in [2.24, 2.45) is 0 Å². The van der Waals surface area contributed by atoms with Gasteiger partial charge in [-0.15, -0.1) is 6.42 Å². The van der Waals surface area contributed by atoms with Gasteiger partial charge in [0.15, 0.2) is 17.5 Å². The first-order valence-corrected chi connectivity index (χ1v) is 13.9. The largest absolute Gasteiger partial charge is 0.208 e. The highest BCUT2D eigenvalue weighted by molar-refractivity contribution is 5.97. The summed E-state index contributed by atoms with van der Waals surface area (Å²) >= 11 is 0. The molecule has 6 rings (SSSR count). The quantitative estimate of drug-likeness (QED) is 0.156. The summed E-state index contributed by atoms with van der Waals surface area (Å²) in [6.45, 7) is 4.16. The molecule has 0 fully saturated rings. The van der Waals surface area contributed by atoms with Gasteiger partial charge >= 0.3 is 0 Å². The molecule has 0 spiro atoms. The predicted molar refractivity (Wildman–Crippen MR) is 175 cm³/mol. The SMILES string of the molecule is C#C/C(=C\C=C(/C)c1ccccc1)c1nc(-c2ccccc2)nc(-c2cc(C)cc(-c3cccc4ccccc34)c2)n1. The molecule has 5 aromatic carbocycles. The number of nitrogens with zero attached hydrogens (tertiary/aromatic N) is 3. The highest BCUT2D eigenvalue weighted by atomic mass is 15.0. The Morgan fingerprint density at radius 1 is 0.643 bits per heavy atom. The minimum Gasteiger partial charge on any atom is -0.208 e. The third kappa shape index (κ3) is 5.66. The van der Waals surface area contributed by atoms with Crippen LogP contribution in [0, 0.1) is 19.3 Å². The van der Waals surface area contributed by atoms with Crippen LogP contribution in [0.4, 0.5) is 0 Å². The van der Waals surface area contributed by atoms with Crippen LogP contribution in [0.15, 0.2) is 133 Å². The van der Waals surface area contributed by atoms with Gasteiger partial charge in [0.05, 0.1) is 5.57 Å². The molecule has 0 saturated carbocycles. The van der Waals surface area contributed by atoms with E-state index in [4.69, 9.17) is 21.4 Å². The molecule has 1 aromatic heterocycles. The van der Waals surface area contributed by atoms with Crippen LogP contribution in [-0.4, -0.2) is 15.0 Å². The number of benzene rings is 5. The summed E-state index contributed by atoms with van der Waals surface area (Å²) < 4.78 is 0. The molecule has 0 unspecified atom stereocenters. The zero-order chi connectivity index (χ0) is 28.9. The van der Waals surface area contributed by atoms with Gasteiger partial charge in [0.25, 0.3) is 0 Å². The van der Waals surface area contributed by atoms with Crippen molar-refractivity contribution in [2.45, 2.75) is 13.8 Å². The van der Waals surface area contributed by atoms with Crippen LogP contribution in [0.5, 0.6) is 0 Å². The van der Waals surface area contributed by atoms with Crippen LogP contribution in [-0.2, 0) is 0 Å². The number of terminal acetylenes is 1. The summed E-state index contributed by atoms with van der Waals surface area (Å²) in [6.07, 6.45) is 9.96. The van der Waals surface area contributed by atoms with E-state index in [2.05, 4.69) is 92.6 Å². The normalized spacial score (nSPS) is 11.8. The molecule has 1 heterocycles. The Morgan fingerprint density at radius 2 is 1.29 bits per heavy atom. The number of rotatable bonds is 6. The number of allylic oxidation sites excluding steroid dienone is 4. The van der Waals surface area contributed by atoms with E-state index in [1.165, 1.54) is 16.3 Å². The van der Waals surface area contributed by atoms with E-state index in [0.717, 1.165) is 33.4 Å². The fraction of sp³-hybridized carbons (Fsp3) is 0.0513. The first-order valence-electron chi connectivity index (χ1n) is 13.9. The topological polar surface area (TPSA) is 38.7 Å². The fourth-order valence-electron chi connectivity index (χ4n) is 5.08. The second-order valence-electron chi connectivity index (χ2n) is 10.2. The third-order valence-corrected chi connectivity index (χ3v) is 7.23. The lowest BCUT2D eigenvalue weighted by Gasteiger charge is -2.12. The van der Waals surface area contributed by atoms with Crippen molar-refractivity contribution in [2.75, 3.05) is 0 Å². The summed E-state index contributed by atoms with van der Waals surface area (Å²) in [5, 5.41) is 2.41. The molecule has 0 aliphatic heterocycles. The Bertz CT molecular complexity index is 1990. The minimum atomic E-state index is 0.465. The molecular formula is C39H29N3. The van der Waals surface area contributed by atoms with Crippen LogP contribution in [0.2, 0.25) is 0 Å². The van der Waals surface area contributed by atoms with Crippen LogP contribution in [0.3, 0.4) is 0 Å². The Kier molecular flexibility index (Phi) is 7.53. The Balaban J connectivity index is 1.50. The maximum absolute atomic E-state index is 6.04. The lowest BCUT2D eigenvalue weighted by Crippen LogP contribution is -2.02. The second-order valence-corrected chi connectivity index (χ2v) is 10.2. The molecular weight excluding hydrogens is 510 g/mol.